The highest BCUT2D eigenvalue weighted by molar-refractivity contribution is 5.79. The summed E-state index contributed by atoms with van der Waals surface area (Å²) >= 11 is 0. The molecule has 0 saturated carbocycles. The first-order chi connectivity index (χ1) is 12.6. The molecule has 0 amide bonds. The average molecular weight is 358 g/mol. The topological polar surface area (TPSA) is 76.4 Å². The second-order valence-corrected chi connectivity index (χ2v) is 6.04. The number of aliphatic imine (C=N–C) groups is 1. The monoisotopic (exact) mass is 358 g/mol. The van der Waals surface area contributed by atoms with E-state index in [0.29, 0.717) is 6.54 Å². The fourth-order valence-electron chi connectivity index (χ4n) is 2.53. The number of pyridine rings is 1. The van der Waals surface area contributed by atoms with Gasteiger partial charge in [0.15, 0.2) is 11.8 Å². The summed E-state index contributed by atoms with van der Waals surface area (Å²) in [6.45, 7) is 11.8. The van der Waals surface area contributed by atoms with Crippen molar-refractivity contribution in [2.45, 2.75) is 40.7 Å². The summed E-state index contributed by atoms with van der Waals surface area (Å²) in [6.07, 6.45) is 2.81. The Kier molecular flexibility index (Phi) is 8.08. The van der Waals surface area contributed by atoms with E-state index in [1.807, 2.05) is 49.8 Å². The zero-order chi connectivity index (χ0) is 18.8. The first-order valence-electron chi connectivity index (χ1n) is 9.22. The number of aromatic nitrogens is 3. The van der Waals surface area contributed by atoms with Gasteiger partial charge in [0.2, 0.25) is 0 Å². The SMILES string of the molecule is CCNC(=NCc1ccc(-n2nc(C)cc2C)nc1)NCCCOCC. The Hall–Kier alpha value is -2.41. The highest BCUT2D eigenvalue weighted by Crippen LogP contribution is 2.10. The largest absolute Gasteiger partial charge is 0.382 e. The van der Waals surface area contributed by atoms with Crippen LogP contribution in [0.1, 0.15) is 37.2 Å². The number of ether oxygens (including phenoxy) is 1. The third kappa shape index (κ3) is 6.15. The number of hydrogen-bond acceptors (Lipinski definition) is 4. The quantitative estimate of drug-likeness (QED) is 0.409. The molecule has 2 aromatic heterocycles. The maximum absolute atomic E-state index is 5.35. The lowest BCUT2D eigenvalue weighted by Gasteiger charge is -2.11. The number of rotatable bonds is 9. The summed E-state index contributed by atoms with van der Waals surface area (Å²) in [5.74, 6) is 1.64. The molecule has 0 fully saturated rings. The number of aryl methyl sites for hydroxylation is 2. The Morgan fingerprint density at radius 1 is 1.23 bits per heavy atom. The molecule has 2 aromatic rings. The lowest BCUT2D eigenvalue weighted by atomic mass is 10.3. The number of guanidine groups is 1. The smallest absolute Gasteiger partial charge is 0.191 e. The van der Waals surface area contributed by atoms with Crippen molar-refractivity contribution in [2.24, 2.45) is 4.99 Å². The normalized spacial score (nSPS) is 11.6. The van der Waals surface area contributed by atoms with Crippen molar-refractivity contribution < 1.29 is 4.74 Å². The highest BCUT2D eigenvalue weighted by atomic mass is 16.5. The van der Waals surface area contributed by atoms with Gasteiger partial charge in [0.05, 0.1) is 12.2 Å². The van der Waals surface area contributed by atoms with Gasteiger partial charge in [-0.1, -0.05) is 6.07 Å². The van der Waals surface area contributed by atoms with E-state index in [0.717, 1.165) is 61.5 Å². The predicted molar refractivity (Wildman–Crippen MR) is 105 cm³/mol. The van der Waals surface area contributed by atoms with Gasteiger partial charge in [-0.2, -0.15) is 5.10 Å². The first kappa shape index (κ1) is 19.9. The number of nitrogens with one attached hydrogen (secondary N) is 2. The third-order valence-corrected chi connectivity index (χ3v) is 3.76. The summed E-state index contributed by atoms with van der Waals surface area (Å²) in [7, 11) is 0. The second-order valence-electron chi connectivity index (χ2n) is 6.04. The van der Waals surface area contributed by atoms with Crippen LogP contribution in [-0.2, 0) is 11.3 Å². The second kappa shape index (κ2) is 10.6. The van der Waals surface area contributed by atoms with Crippen LogP contribution in [0.5, 0.6) is 0 Å². The maximum Gasteiger partial charge on any atom is 0.191 e. The van der Waals surface area contributed by atoms with E-state index in [-0.39, 0.29) is 0 Å². The van der Waals surface area contributed by atoms with Crippen molar-refractivity contribution in [1.29, 1.82) is 0 Å². The molecule has 7 heteroatoms. The zero-order valence-corrected chi connectivity index (χ0v) is 16.2. The van der Waals surface area contributed by atoms with Gasteiger partial charge in [0.1, 0.15) is 0 Å². The lowest BCUT2D eigenvalue weighted by Crippen LogP contribution is -2.38. The van der Waals surface area contributed by atoms with Crippen LogP contribution < -0.4 is 10.6 Å². The van der Waals surface area contributed by atoms with Gasteiger partial charge in [0, 0.05) is 38.2 Å². The fourth-order valence-corrected chi connectivity index (χ4v) is 2.53. The summed E-state index contributed by atoms with van der Waals surface area (Å²) in [6, 6.07) is 6.06. The first-order valence-corrected chi connectivity index (χ1v) is 9.22. The molecule has 0 atom stereocenters. The van der Waals surface area contributed by atoms with E-state index in [9.17, 15) is 0 Å². The molecule has 2 rings (SSSR count). The molecule has 2 N–H and O–H groups in total. The molecule has 2 heterocycles. The molecule has 0 aliphatic carbocycles. The molecule has 0 aromatic carbocycles. The summed E-state index contributed by atoms with van der Waals surface area (Å²) in [4.78, 5) is 9.13. The van der Waals surface area contributed by atoms with Crippen molar-refractivity contribution in [3.05, 3.63) is 41.3 Å². The van der Waals surface area contributed by atoms with Crippen LogP contribution in [0.25, 0.3) is 5.82 Å². The molecule has 0 unspecified atom stereocenters. The van der Waals surface area contributed by atoms with Crippen molar-refractivity contribution in [1.82, 2.24) is 25.4 Å². The van der Waals surface area contributed by atoms with Crippen molar-refractivity contribution in [3.63, 3.8) is 0 Å². The van der Waals surface area contributed by atoms with Crippen molar-refractivity contribution in [3.8, 4) is 5.82 Å². The Morgan fingerprint density at radius 2 is 2.08 bits per heavy atom. The molecule has 0 saturated heterocycles. The standard InChI is InChI=1S/C19H30N6O/c1-5-20-19(21-10-7-11-26-6-2)23-14-17-8-9-18(22-13-17)25-16(4)12-15(3)24-25/h8-9,12-13H,5-7,10-11,14H2,1-4H3,(H2,20,21,23). The average Bonchev–Trinajstić information content (AvgIpc) is 2.98. The van der Waals surface area contributed by atoms with Gasteiger partial charge in [-0.05, 0) is 51.8 Å². The molecule has 26 heavy (non-hydrogen) atoms. The number of nitrogens with zero attached hydrogens (tertiary/aromatic N) is 4. The minimum absolute atomic E-state index is 0.575. The van der Waals surface area contributed by atoms with E-state index in [1.54, 1.807) is 0 Å². The third-order valence-electron chi connectivity index (χ3n) is 3.76. The van der Waals surface area contributed by atoms with Crippen LogP contribution in [0.15, 0.2) is 29.4 Å². The van der Waals surface area contributed by atoms with E-state index in [2.05, 4.69) is 32.6 Å². The summed E-state index contributed by atoms with van der Waals surface area (Å²) in [5, 5.41) is 11.0. The van der Waals surface area contributed by atoms with Crippen LogP contribution in [0, 0.1) is 13.8 Å². The van der Waals surface area contributed by atoms with Crippen LogP contribution >= 0.6 is 0 Å². The minimum atomic E-state index is 0.575. The molecule has 0 aliphatic heterocycles. The Morgan fingerprint density at radius 3 is 2.69 bits per heavy atom. The maximum atomic E-state index is 5.35. The van der Waals surface area contributed by atoms with E-state index in [1.165, 1.54) is 0 Å². The molecule has 142 valence electrons. The van der Waals surface area contributed by atoms with Crippen LogP contribution in [-0.4, -0.2) is 47.0 Å². The molecular formula is C19H30N6O. The van der Waals surface area contributed by atoms with Crippen LogP contribution in [0.2, 0.25) is 0 Å². The lowest BCUT2D eigenvalue weighted by molar-refractivity contribution is 0.145. The zero-order valence-electron chi connectivity index (χ0n) is 16.2. The number of hydrogen-bond donors (Lipinski definition) is 2. The van der Waals surface area contributed by atoms with Gasteiger partial charge >= 0.3 is 0 Å². The molecule has 0 spiro atoms. The predicted octanol–water partition coefficient (Wildman–Crippen LogP) is 2.37. The summed E-state index contributed by atoms with van der Waals surface area (Å²) in [5.41, 5.74) is 3.12. The highest BCUT2D eigenvalue weighted by Gasteiger charge is 2.05. The Bertz CT molecular complexity index is 693. The van der Waals surface area contributed by atoms with Gasteiger partial charge < -0.3 is 15.4 Å². The molecule has 0 aliphatic rings. The fraction of sp³-hybridized carbons (Fsp3) is 0.526. The van der Waals surface area contributed by atoms with Gasteiger partial charge in [-0.3, -0.25) is 0 Å². The van der Waals surface area contributed by atoms with Gasteiger partial charge in [-0.15, -0.1) is 0 Å². The van der Waals surface area contributed by atoms with E-state index < -0.39 is 0 Å². The molecular weight excluding hydrogens is 328 g/mol. The Labute approximate surface area is 155 Å². The van der Waals surface area contributed by atoms with Crippen molar-refractivity contribution in [2.75, 3.05) is 26.3 Å². The van der Waals surface area contributed by atoms with Crippen LogP contribution in [0.4, 0.5) is 0 Å². The van der Waals surface area contributed by atoms with E-state index in [4.69, 9.17) is 4.74 Å². The van der Waals surface area contributed by atoms with Crippen LogP contribution in [0.3, 0.4) is 0 Å². The van der Waals surface area contributed by atoms with E-state index >= 15 is 0 Å². The molecule has 7 nitrogen and oxygen atoms in total. The molecule has 0 bridgehead atoms. The molecule has 0 radical (unpaired) electrons. The minimum Gasteiger partial charge on any atom is -0.382 e. The summed E-state index contributed by atoms with van der Waals surface area (Å²) < 4.78 is 7.20. The van der Waals surface area contributed by atoms with Gasteiger partial charge in [-0.25, -0.2) is 14.7 Å². The van der Waals surface area contributed by atoms with Gasteiger partial charge in [0.25, 0.3) is 0 Å². The Balaban J connectivity index is 1.92. The van der Waals surface area contributed by atoms with Crippen molar-refractivity contribution >= 4 is 5.96 Å².